The van der Waals surface area contributed by atoms with Crippen LogP contribution in [0.25, 0.3) is 0 Å². The summed E-state index contributed by atoms with van der Waals surface area (Å²) in [5, 5.41) is 0. The van der Waals surface area contributed by atoms with Gasteiger partial charge in [0.1, 0.15) is 13.2 Å². The van der Waals surface area contributed by atoms with Gasteiger partial charge in [0.05, 0.1) is 6.42 Å². The minimum absolute atomic E-state index is 0.0969. The fraction of sp³-hybridized carbons (Fsp3) is 0.681. The number of esters is 3. The third-order valence-electron chi connectivity index (χ3n) is 8.71. The predicted octanol–water partition coefficient (Wildman–Crippen LogP) is 13.5. The molecular weight excluding hydrogens is 661 g/mol. The molecule has 0 aromatic heterocycles. The van der Waals surface area contributed by atoms with Gasteiger partial charge in [-0.05, 0) is 83.5 Å². The van der Waals surface area contributed by atoms with Crippen LogP contribution in [-0.2, 0) is 28.6 Å². The van der Waals surface area contributed by atoms with Crippen LogP contribution in [0.15, 0.2) is 72.9 Å². The smallest absolute Gasteiger partial charge is 0.310 e. The van der Waals surface area contributed by atoms with Gasteiger partial charge in [0.2, 0.25) is 0 Å². The van der Waals surface area contributed by atoms with Gasteiger partial charge in [-0.25, -0.2) is 0 Å². The SMILES string of the molecule is CC/C=C\C/C=C\C/C=C\CC(=O)OC(COC(=O)CCCC/C=C\C/C=C\CC)COC(=O)CCCCCCCCC/C=C\CCCCCCCC. The Bertz CT molecular complexity index is 1030. The Labute approximate surface area is 325 Å². The zero-order chi connectivity index (χ0) is 38.7. The van der Waals surface area contributed by atoms with Gasteiger partial charge in [0.15, 0.2) is 6.10 Å². The highest BCUT2D eigenvalue weighted by Gasteiger charge is 2.19. The lowest BCUT2D eigenvalue weighted by molar-refractivity contribution is -0.166. The van der Waals surface area contributed by atoms with E-state index in [0.29, 0.717) is 12.8 Å². The molecule has 0 aromatic carbocycles. The van der Waals surface area contributed by atoms with Crippen LogP contribution < -0.4 is 0 Å². The van der Waals surface area contributed by atoms with E-state index < -0.39 is 12.1 Å². The van der Waals surface area contributed by atoms with E-state index in [-0.39, 0.29) is 31.6 Å². The molecule has 0 aromatic rings. The van der Waals surface area contributed by atoms with Crippen molar-refractivity contribution in [3.63, 3.8) is 0 Å². The van der Waals surface area contributed by atoms with Gasteiger partial charge < -0.3 is 14.2 Å². The number of hydrogen-bond donors (Lipinski definition) is 0. The average Bonchev–Trinajstić information content (AvgIpc) is 3.15. The number of rotatable bonds is 37. The van der Waals surface area contributed by atoms with Crippen molar-refractivity contribution in [3.8, 4) is 0 Å². The fourth-order valence-corrected chi connectivity index (χ4v) is 5.54. The van der Waals surface area contributed by atoms with Crippen LogP contribution in [0.3, 0.4) is 0 Å². The molecule has 6 heteroatoms. The van der Waals surface area contributed by atoms with E-state index in [1.807, 2.05) is 6.08 Å². The van der Waals surface area contributed by atoms with Gasteiger partial charge in [0.25, 0.3) is 0 Å². The molecule has 0 heterocycles. The molecule has 0 saturated carbocycles. The number of allylic oxidation sites excluding steroid dienone is 11. The summed E-state index contributed by atoms with van der Waals surface area (Å²) >= 11 is 0. The first-order valence-corrected chi connectivity index (χ1v) is 21.4. The topological polar surface area (TPSA) is 78.9 Å². The van der Waals surface area contributed by atoms with Crippen LogP contribution in [-0.4, -0.2) is 37.2 Å². The van der Waals surface area contributed by atoms with Crippen molar-refractivity contribution in [2.24, 2.45) is 0 Å². The van der Waals surface area contributed by atoms with E-state index in [1.54, 1.807) is 6.08 Å². The number of carbonyl (C=O) groups excluding carboxylic acids is 3. The summed E-state index contributed by atoms with van der Waals surface area (Å²) in [5.74, 6) is -1.10. The highest BCUT2D eigenvalue weighted by molar-refractivity contribution is 5.72. The Morgan fingerprint density at radius 3 is 1.30 bits per heavy atom. The molecule has 0 bridgehead atoms. The number of carbonyl (C=O) groups is 3. The Kier molecular flexibility index (Phi) is 39.1. The third kappa shape index (κ3) is 39.9. The van der Waals surface area contributed by atoms with Crippen molar-refractivity contribution in [1.82, 2.24) is 0 Å². The second-order valence-corrected chi connectivity index (χ2v) is 13.8. The first kappa shape index (κ1) is 49.9. The van der Waals surface area contributed by atoms with Crippen molar-refractivity contribution in [3.05, 3.63) is 72.9 Å². The molecule has 1 unspecified atom stereocenters. The first-order chi connectivity index (χ1) is 26.0. The van der Waals surface area contributed by atoms with E-state index in [4.69, 9.17) is 14.2 Å². The number of hydrogen-bond acceptors (Lipinski definition) is 6. The lowest BCUT2D eigenvalue weighted by Crippen LogP contribution is -2.30. The Morgan fingerprint density at radius 2 is 0.792 bits per heavy atom. The Hall–Kier alpha value is -3.15. The minimum atomic E-state index is -0.835. The summed E-state index contributed by atoms with van der Waals surface area (Å²) in [6.45, 7) is 6.23. The van der Waals surface area contributed by atoms with Gasteiger partial charge in [0, 0.05) is 12.8 Å². The Balaban J connectivity index is 4.39. The number of ether oxygens (including phenoxy) is 3. The van der Waals surface area contributed by atoms with Crippen LogP contribution in [0.1, 0.15) is 188 Å². The molecule has 6 nitrogen and oxygen atoms in total. The largest absolute Gasteiger partial charge is 0.462 e. The maximum absolute atomic E-state index is 12.6. The normalized spacial score (nSPS) is 12.7. The molecule has 1 atom stereocenters. The van der Waals surface area contributed by atoms with Crippen molar-refractivity contribution in [1.29, 1.82) is 0 Å². The molecule has 0 aliphatic heterocycles. The van der Waals surface area contributed by atoms with Crippen LogP contribution in [0.5, 0.6) is 0 Å². The highest BCUT2D eigenvalue weighted by atomic mass is 16.6. The second-order valence-electron chi connectivity index (χ2n) is 13.8. The van der Waals surface area contributed by atoms with E-state index in [1.165, 1.54) is 77.0 Å². The van der Waals surface area contributed by atoms with Gasteiger partial charge >= 0.3 is 17.9 Å². The highest BCUT2D eigenvalue weighted by Crippen LogP contribution is 2.12. The molecule has 0 spiro atoms. The summed E-state index contributed by atoms with van der Waals surface area (Å²) in [7, 11) is 0. The van der Waals surface area contributed by atoms with E-state index in [0.717, 1.165) is 70.6 Å². The summed E-state index contributed by atoms with van der Waals surface area (Å²) in [4.78, 5) is 37.4. The standard InChI is InChI=1S/C47H78O6/c1-4-7-10-13-16-19-20-21-22-23-24-25-26-29-31-34-37-40-46(49)52-43-44(53-47(50)41-38-35-32-28-18-15-12-9-6-3)42-51-45(48)39-36-33-30-27-17-14-11-8-5-2/h8-9,11-12,17-18,21-22,27-28,35,38,44H,4-7,10,13-16,19-20,23-26,29-34,36-37,39-43H2,1-3H3/b11-8-,12-9-,22-21-,27-17-,28-18-,38-35-. The molecule has 0 rings (SSSR count). The van der Waals surface area contributed by atoms with Crippen LogP contribution >= 0.6 is 0 Å². The summed E-state index contributed by atoms with van der Waals surface area (Å²) in [6.07, 6.45) is 50.8. The van der Waals surface area contributed by atoms with Crippen molar-refractivity contribution >= 4 is 17.9 Å². The molecule has 0 fully saturated rings. The fourth-order valence-electron chi connectivity index (χ4n) is 5.54. The molecule has 0 saturated heterocycles. The molecule has 53 heavy (non-hydrogen) atoms. The van der Waals surface area contributed by atoms with E-state index >= 15 is 0 Å². The maximum Gasteiger partial charge on any atom is 0.310 e. The number of unbranched alkanes of at least 4 members (excludes halogenated alkanes) is 15. The second kappa shape index (κ2) is 41.6. The molecular formula is C47H78O6. The lowest BCUT2D eigenvalue weighted by Gasteiger charge is -2.18. The van der Waals surface area contributed by atoms with Crippen molar-refractivity contribution < 1.29 is 28.6 Å². The van der Waals surface area contributed by atoms with Crippen LogP contribution in [0.2, 0.25) is 0 Å². The molecule has 0 amide bonds. The predicted molar refractivity (Wildman–Crippen MR) is 224 cm³/mol. The van der Waals surface area contributed by atoms with Crippen LogP contribution in [0.4, 0.5) is 0 Å². The Morgan fingerprint density at radius 1 is 0.415 bits per heavy atom. The monoisotopic (exact) mass is 739 g/mol. The van der Waals surface area contributed by atoms with Crippen LogP contribution in [0, 0.1) is 0 Å². The summed E-state index contributed by atoms with van der Waals surface area (Å²) in [6, 6.07) is 0. The van der Waals surface area contributed by atoms with Crippen molar-refractivity contribution in [2.45, 2.75) is 194 Å². The van der Waals surface area contributed by atoms with Gasteiger partial charge in [-0.3, -0.25) is 14.4 Å². The molecule has 0 aliphatic carbocycles. The van der Waals surface area contributed by atoms with Gasteiger partial charge in [-0.2, -0.15) is 0 Å². The third-order valence-corrected chi connectivity index (χ3v) is 8.71. The van der Waals surface area contributed by atoms with E-state index in [2.05, 4.69) is 81.5 Å². The summed E-state index contributed by atoms with van der Waals surface area (Å²) < 4.78 is 16.5. The first-order valence-electron chi connectivity index (χ1n) is 21.4. The summed E-state index contributed by atoms with van der Waals surface area (Å²) in [5.41, 5.74) is 0. The van der Waals surface area contributed by atoms with Crippen molar-refractivity contribution in [2.75, 3.05) is 13.2 Å². The minimum Gasteiger partial charge on any atom is -0.462 e. The zero-order valence-corrected chi connectivity index (χ0v) is 34.3. The molecule has 0 N–H and O–H groups in total. The zero-order valence-electron chi connectivity index (χ0n) is 34.3. The van der Waals surface area contributed by atoms with Gasteiger partial charge in [-0.1, -0.05) is 158 Å². The van der Waals surface area contributed by atoms with E-state index in [9.17, 15) is 14.4 Å². The lowest BCUT2D eigenvalue weighted by atomic mass is 10.1. The average molecular weight is 739 g/mol. The quantitative estimate of drug-likeness (QED) is 0.0273. The molecule has 0 aliphatic rings. The van der Waals surface area contributed by atoms with Gasteiger partial charge in [-0.15, -0.1) is 0 Å². The molecule has 302 valence electrons. The maximum atomic E-state index is 12.6. The molecule has 0 radical (unpaired) electrons.